The molecule has 24 heavy (non-hydrogen) atoms. The molecule has 0 saturated heterocycles. The van der Waals surface area contributed by atoms with Crippen LogP contribution in [0, 0.1) is 0 Å². The fourth-order valence-electron chi connectivity index (χ4n) is 1.85. The van der Waals surface area contributed by atoms with E-state index in [9.17, 15) is 4.79 Å². The van der Waals surface area contributed by atoms with Gasteiger partial charge in [0.05, 0.1) is 18.5 Å². The number of hydrogen-bond donors (Lipinski definition) is 3. The van der Waals surface area contributed by atoms with Crippen molar-refractivity contribution in [2.45, 2.75) is 13.5 Å². The number of carbonyl (C=O) groups is 1. The third kappa shape index (κ3) is 6.99. The lowest BCUT2D eigenvalue weighted by Gasteiger charge is -2.11. The Morgan fingerprint density at radius 1 is 1.17 bits per heavy atom. The van der Waals surface area contributed by atoms with E-state index in [0.29, 0.717) is 31.4 Å². The lowest BCUT2D eigenvalue weighted by Crippen LogP contribution is -2.41. The van der Waals surface area contributed by atoms with Crippen molar-refractivity contribution in [3.8, 4) is 0 Å². The van der Waals surface area contributed by atoms with Gasteiger partial charge in [0.1, 0.15) is 0 Å². The molecule has 0 saturated carbocycles. The molecule has 7 nitrogen and oxygen atoms in total. The Morgan fingerprint density at radius 3 is 2.67 bits per heavy atom. The molecule has 0 bridgehead atoms. The van der Waals surface area contributed by atoms with Crippen molar-refractivity contribution in [2.24, 2.45) is 4.99 Å². The van der Waals surface area contributed by atoms with E-state index in [1.807, 2.05) is 25.1 Å². The first-order valence-corrected chi connectivity index (χ1v) is 7.53. The molecule has 1 amide bonds. The molecule has 0 aliphatic carbocycles. The summed E-state index contributed by atoms with van der Waals surface area (Å²) in [6, 6.07) is 9.04. The number of furan rings is 1. The molecule has 0 aromatic carbocycles. The van der Waals surface area contributed by atoms with Gasteiger partial charge in [-0.05, 0) is 31.2 Å². The molecule has 2 aromatic rings. The van der Waals surface area contributed by atoms with Crippen LogP contribution >= 0.6 is 24.0 Å². The highest BCUT2D eigenvalue weighted by Gasteiger charge is 2.06. The number of nitrogens with one attached hydrogen (secondary N) is 3. The van der Waals surface area contributed by atoms with Crippen LogP contribution in [0.4, 0.5) is 0 Å². The van der Waals surface area contributed by atoms with E-state index in [-0.39, 0.29) is 29.9 Å². The maximum atomic E-state index is 11.7. The van der Waals surface area contributed by atoms with E-state index < -0.39 is 0 Å². The standard InChI is InChI=1S/C16H21N5O2.HI/c1-2-17-16(21-12-13-6-3-4-8-18-13)20-10-9-19-15(22)14-7-5-11-23-14;/h3-8,11H,2,9-10,12H2,1H3,(H,19,22)(H2,17,20,21);1H. The van der Waals surface area contributed by atoms with Gasteiger partial charge in [-0.25, -0.2) is 4.99 Å². The lowest BCUT2D eigenvalue weighted by atomic mass is 10.3. The summed E-state index contributed by atoms with van der Waals surface area (Å²) in [5.74, 6) is 0.762. The van der Waals surface area contributed by atoms with E-state index in [1.165, 1.54) is 6.26 Å². The van der Waals surface area contributed by atoms with Gasteiger partial charge in [0.15, 0.2) is 11.7 Å². The maximum absolute atomic E-state index is 11.7. The molecule has 0 spiro atoms. The lowest BCUT2D eigenvalue weighted by molar-refractivity contribution is 0.0926. The average Bonchev–Trinajstić information content (AvgIpc) is 3.12. The van der Waals surface area contributed by atoms with Crippen LogP contribution < -0.4 is 16.0 Å². The van der Waals surface area contributed by atoms with Gasteiger partial charge in [0.25, 0.3) is 5.91 Å². The average molecular weight is 443 g/mol. The summed E-state index contributed by atoms with van der Waals surface area (Å²) in [6.07, 6.45) is 3.22. The van der Waals surface area contributed by atoms with E-state index in [4.69, 9.17) is 4.42 Å². The third-order valence-corrected chi connectivity index (χ3v) is 2.92. The summed E-state index contributed by atoms with van der Waals surface area (Å²) >= 11 is 0. The second-order valence-corrected chi connectivity index (χ2v) is 4.68. The first kappa shape index (κ1) is 19.9. The highest BCUT2D eigenvalue weighted by Crippen LogP contribution is 1.98. The second-order valence-electron chi connectivity index (χ2n) is 4.68. The predicted octanol–water partition coefficient (Wildman–Crippen LogP) is 1.78. The number of carbonyl (C=O) groups excluding carboxylic acids is 1. The van der Waals surface area contributed by atoms with Crippen LogP contribution in [0.5, 0.6) is 0 Å². The summed E-state index contributed by atoms with van der Waals surface area (Å²) in [6.45, 7) is 4.27. The summed E-state index contributed by atoms with van der Waals surface area (Å²) < 4.78 is 5.02. The van der Waals surface area contributed by atoms with Crippen LogP contribution in [0.3, 0.4) is 0 Å². The number of hydrogen-bond acceptors (Lipinski definition) is 4. The number of aliphatic imine (C=N–C) groups is 1. The number of aromatic nitrogens is 1. The Hall–Kier alpha value is -2.10. The zero-order valence-corrected chi connectivity index (χ0v) is 15.8. The monoisotopic (exact) mass is 443 g/mol. The van der Waals surface area contributed by atoms with Crippen LogP contribution in [0.15, 0.2) is 52.2 Å². The van der Waals surface area contributed by atoms with Crippen molar-refractivity contribution in [1.82, 2.24) is 20.9 Å². The zero-order valence-electron chi connectivity index (χ0n) is 13.5. The fraction of sp³-hybridized carbons (Fsp3) is 0.312. The molecule has 0 fully saturated rings. The van der Waals surface area contributed by atoms with Crippen molar-refractivity contribution in [3.05, 3.63) is 54.2 Å². The highest BCUT2D eigenvalue weighted by atomic mass is 127. The van der Waals surface area contributed by atoms with Gasteiger partial charge >= 0.3 is 0 Å². The van der Waals surface area contributed by atoms with Crippen molar-refractivity contribution >= 4 is 35.8 Å². The number of rotatable bonds is 7. The van der Waals surface area contributed by atoms with Crippen LogP contribution in [0.1, 0.15) is 23.2 Å². The molecular formula is C16H22IN5O2. The van der Waals surface area contributed by atoms with Crippen LogP contribution in [-0.4, -0.2) is 36.5 Å². The quantitative estimate of drug-likeness (QED) is 0.263. The molecule has 0 radical (unpaired) electrons. The second kappa shape index (κ2) is 11.4. The van der Waals surface area contributed by atoms with Gasteiger partial charge in [-0.1, -0.05) is 6.07 Å². The molecular weight excluding hydrogens is 421 g/mol. The molecule has 3 N–H and O–H groups in total. The minimum atomic E-state index is -0.229. The minimum Gasteiger partial charge on any atom is -0.459 e. The molecule has 0 aliphatic rings. The molecule has 0 unspecified atom stereocenters. The fourth-order valence-corrected chi connectivity index (χ4v) is 1.85. The van der Waals surface area contributed by atoms with Crippen molar-refractivity contribution in [1.29, 1.82) is 0 Å². The summed E-state index contributed by atoms with van der Waals surface area (Å²) in [5, 5.41) is 9.07. The molecule has 8 heteroatoms. The van der Waals surface area contributed by atoms with E-state index in [2.05, 4.69) is 25.9 Å². The molecule has 2 rings (SSSR count). The summed E-state index contributed by atoms with van der Waals surface area (Å²) in [5.41, 5.74) is 0.899. The van der Waals surface area contributed by atoms with Crippen molar-refractivity contribution in [2.75, 3.05) is 19.6 Å². The van der Waals surface area contributed by atoms with Crippen molar-refractivity contribution < 1.29 is 9.21 Å². The first-order valence-electron chi connectivity index (χ1n) is 7.53. The van der Waals surface area contributed by atoms with Gasteiger partial charge in [-0.15, -0.1) is 24.0 Å². The largest absolute Gasteiger partial charge is 0.459 e. The van der Waals surface area contributed by atoms with Gasteiger partial charge in [-0.3, -0.25) is 9.78 Å². The Bertz CT molecular complexity index is 617. The number of nitrogens with zero attached hydrogens (tertiary/aromatic N) is 2. The zero-order chi connectivity index (χ0) is 16.3. The van der Waals surface area contributed by atoms with Gasteiger partial charge in [-0.2, -0.15) is 0 Å². The number of halogens is 1. The van der Waals surface area contributed by atoms with E-state index >= 15 is 0 Å². The van der Waals surface area contributed by atoms with E-state index in [1.54, 1.807) is 18.3 Å². The topological polar surface area (TPSA) is 91.5 Å². The normalized spacial score (nSPS) is 10.6. The molecule has 0 aliphatic heterocycles. The highest BCUT2D eigenvalue weighted by molar-refractivity contribution is 14.0. The van der Waals surface area contributed by atoms with Gasteiger partial charge in [0, 0.05) is 25.8 Å². The van der Waals surface area contributed by atoms with Gasteiger partial charge < -0.3 is 20.4 Å². The van der Waals surface area contributed by atoms with E-state index in [0.717, 1.165) is 12.2 Å². The molecule has 130 valence electrons. The Morgan fingerprint density at radius 2 is 2.00 bits per heavy atom. The van der Waals surface area contributed by atoms with Gasteiger partial charge in [0.2, 0.25) is 0 Å². The molecule has 2 heterocycles. The number of pyridine rings is 1. The Labute approximate surface area is 158 Å². The van der Waals surface area contributed by atoms with Crippen LogP contribution in [0.2, 0.25) is 0 Å². The van der Waals surface area contributed by atoms with Crippen LogP contribution in [0.25, 0.3) is 0 Å². The molecule has 2 aromatic heterocycles. The van der Waals surface area contributed by atoms with Crippen molar-refractivity contribution in [3.63, 3.8) is 0 Å². The molecule has 0 atom stereocenters. The maximum Gasteiger partial charge on any atom is 0.287 e. The third-order valence-electron chi connectivity index (χ3n) is 2.92. The Kier molecular flexibility index (Phi) is 9.51. The number of guanidine groups is 1. The Balaban J connectivity index is 0.00000288. The number of amides is 1. The summed E-state index contributed by atoms with van der Waals surface area (Å²) in [4.78, 5) is 20.4. The van der Waals surface area contributed by atoms with Crippen LogP contribution in [-0.2, 0) is 6.54 Å². The minimum absolute atomic E-state index is 0. The summed E-state index contributed by atoms with van der Waals surface area (Å²) in [7, 11) is 0. The smallest absolute Gasteiger partial charge is 0.287 e. The predicted molar refractivity (Wildman–Crippen MR) is 104 cm³/mol. The first-order chi connectivity index (χ1) is 11.3. The SMILES string of the molecule is CCNC(=NCc1ccccn1)NCCNC(=O)c1ccco1.I.